The molecule has 0 fully saturated rings. The van der Waals surface area contributed by atoms with E-state index in [1.807, 2.05) is 36.4 Å². The monoisotopic (exact) mass is 377 g/mol. The molecule has 3 aromatic rings. The quantitative estimate of drug-likeness (QED) is 0.576. The van der Waals surface area contributed by atoms with Crippen molar-refractivity contribution in [2.75, 3.05) is 21.0 Å². The van der Waals surface area contributed by atoms with Crippen LogP contribution in [0.3, 0.4) is 0 Å². The van der Waals surface area contributed by atoms with Crippen LogP contribution in [0.2, 0.25) is 0 Å². The second-order valence-electron chi connectivity index (χ2n) is 6.69. The first kappa shape index (κ1) is 18.2. The first-order chi connectivity index (χ1) is 13.7. The van der Waals surface area contributed by atoms with Gasteiger partial charge in [-0.15, -0.1) is 0 Å². The van der Waals surface area contributed by atoms with E-state index in [0.717, 1.165) is 47.2 Å². The molecule has 0 radical (unpaired) electrons. The maximum Gasteiger partial charge on any atom is 0.142 e. The number of ether oxygens (including phenoxy) is 3. The molecule has 144 valence electrons. The molecular formula is C23H23NO4. The zero-order valence-electron chi connectivity index (χ0n) is 16.1. The van der Waals surface area contributed by atoms with Gasteiger partial charge < -0.3 is 18.6 Å². The second kappa shape index (κ2) is 8.23. The molecule has 0 atom stereocenters. The van der Waals surface area contributed by atoms with Crippen LogP contribution in [0.1, 0.15) is 22.5 Å². The number of hydrogen-bond acceptors (Lipinski definition) is 5. The molecule has 5 nitrogen and oxygen atoms in total. The zero-order chi connectivity index (χ0) is 19.3. The Balaban J connectivity index is 1.50. The van der Waals surface area contributed by atoms with Crippen molar-refractivity contribution in [3.8, 4) is 17.2 Å². The summed E-state index contributed by atoms with van der Waals surface area (Å²) in [5.74, 6) is 3.42. The third kappa shape index (κ3) is 4.21. The van der Waals surface area contributed by atoms with Crippen LogP contribution in [0.15, 0.2) is 59.2 Å². The number of hydrogen-bond donors (Lipinski definition) is 0. The minimum Gasteiger partial charge on any atom is -0.497 e. The van der Waals surface area contributed by atoms with Gasteiger partial charge in [-0.25, -0.2) is 0 Å². The van der Waals surface area contributed by atoms with Crippen molar-refractivity contribution < 1.29 is 18.6 Å². The topological polar surface area (TPSA) is 44.1 Å². The van der Waals surface area contributed by atoms with E-state index in [1.165, 1.54) is 5.56 Å². The largest absolute Gasteiger partial charge is 0.497 e. The maximum absolute atomic E-state index is 5.89. The van der Waals surface area contributed by atoms with Crippen LogP contribution in [0.25, 0.3) is 12.2 Å². The molecule has 4 rings (SSSR count). The van der Waals surface area contributed by atoms with E-state index in [1.54, 1.807) is 20.5 Å². The van der Waals surface area contributed by atoms with Crippen LogP contribution in [0.4, 0.5) is 0 Å². The molecule has 2 heterocycles. The summed E-state index contributed by atoms with van der Waals surface area (Å²) < 4.78 is 22.0. The standard InChI is InChI=1S/C23H23NO4/c1-25-21-11-18(12-22(13-21)26-2)6-5-17-7-8-23-19(10-17)14-24(16-28-23)15-20-4-3-9-27-20/h3-13H,14-16H2,1-2H3/b6-5+. The Morgan fingerprint density at radius 3 is 2.46 bits per heavy atom. The molecule has 0 amide bonds. The number of nitrogens with zero attached hydrogens (tertiary/aromatic N) is 1. The molecule has 0 saturated carbocycles. The van der Waals surface area contributed by atoms with Gasteiger partial charge in [0.2, 0.25) is 0 Å². The normalized spacial score (nSPS) is 13.9. The zero-order valence-corrected chi connectivity index (χ0v) is 16.1. The van der Waals surface area contributed by atoms with Crippen molar-refractivity contribution >= 4 is 12.2 Å². The van der Waals surface area contributed by atoms with Crippen molar-refractivity contribution in [2.45, 2.75) is 13.1 Å². The fourth-order valence-electron chi connectivity index (χ4n) is 3.26. The number of fused-ring (bicyclic) bond motifs is 1. The van der Waals surface area contributed by atoms with Crippen molar-refractivity contribution in [3.05, 3.63) is 77.2 Å². The lowest BCUT2D eigenvalue weighted by Gasteiger charge is -2.28. The number of furan rings is 1. The summed E-state index contributed by atoms with van der Waals surface area (Å²) in [5, 5.41) is 0. The maximum atomic E-state index is 5.89. The van der Waals surface area contributed by atoms with Crippen LogP contribution in [-0.4, -0.2) is 25.9 Å². The lowest BCUT2D eigenvalue weighted by atomic mass is 10.1. The molecule has 0 saturated heterocycles. The minimum atomic E-state index is 0.562. The third-order valence-corrected chi connectivity index (χ3v) is 4.68. The highest BCUT2D eigenvalue weighted by molar-refractivity contribution is 5.71. The molecule has 28 heavy (non-hydrogen) atoms. The average Bonchev–Trinajstić information content (AvgIpc) is 3.24. The van der Waals surface area contributed by atoms with Crippen molar-refractivity contribution in [2.24, 2.45) is 0 Å². The smallest absolute Gasteiger partial charge is 0.142 e. The summed E-state index contributed by atoms with van der Waals surface area (Å²) in [4.78, 5) is 2.21. The number of benzene rings is 2. The Labute approximate surface area is 164 Å². The Bertz CT molecular complexity index is 940. The predicted octanol–water partition coefficient (Wildman–Crippen LogP) is 4.82. The fraction of sp³-hybridized carbons (Fsp3) is 0.217. The molecule has 0 aliphatic carbocycles. The van der Waals surface area contributed by atoms with E-state index in [-0.39, 0.29) is 0 Å². The molecule has 0 bridgehead atoms. The second-order valence-corrected chi connectivity index (χ2v) is 6.69. The van der Waals surface area contributed by atoms with E-state index < -0.39 is 0 Å². The van der Waals surface area contributed by atoms with E-state index in [4.69, 9.17) is 18.6 Å². The predicted molar refractivity (Wildman–Crippen MR) is 108 cm³/mol. The number of methoxy groups -OCH3 is 2. The number of rotatable bonds is 6. The Hall–Kier alpha value is -3.18. The van der Waals surface area contributed by atoms with Gasteiger partial charge in [-0.1, -0.05) is 18.2 Å². The van der Waals surface area contributed by atoms with Crippen LogP contribution in [0.5, 0.6) is 17.2 Å². The van der Waals surface area contributed by atoms with Crippen LogP contribution in [-0.2, 0) is 13.1 Å². The van der Waals surface area contributed by atoms with E-state index in [2.05, 4.69) is 29.2 Å². The molecule has 0 spiro atoms. The first-order valence-electron chi connectivity index (χ1n) is 9.15. The Morgan fingerprint density at radius 1 is 0.964 bits per heavy atom. The lowest BCUT2D eigenvalue weighted by molar-refractivity contribution is 0.0823. The van der Waals surface area contributed by atoms with E-state index in [0.29, 0.717) is 6.73 Å². The van der Waals surface area contributed by atoms with Crippen LogP contribution < -0.4 is 14.2 Å². The van der Waals surface area contributed by atoms with Crippen molar-refractivity contribution in [3.63, 3.8) is 0 Å². The van der Waals surface area contributed by atoms with Gasteiger partial charge in [0.1, 0.15) is 29.7 Å². The fourth-order valence-corrected chi connectivity index (χ4v) is 3.26. The summed E-state index contributed by atoms with van der Waals surface area (Å²) in [7, 11) is 3.31. The molecule has 0 N–H and O–H groups in total. The molecular weight excluding hydrogens is 354 g/mol. The summed E-state index contributed by atoms with van der Waals surface area (Å²) >= 11 is 0. The van der Waals surface area contributed by atoms with Crippen molar-refractivity contribution in [1.29, 1.82) is 0 Å². The van der Waals surface area contributed by atoms with Gasteiger partial charge in [0.05, 0.1) is 27.0 Å². The van der Waals surface area contributed by atoms with Gasteiger partial charge in [0.15, 0.2) is 0 Å². The highest BCUT2D eigenvalue weighted by atomic mass is 16.5. The van der Waals surface area contributed by atoms with Gasteiger partial charge in [-0.05, 0) is 47.5 Å². The van der Waals surface area contributed by atoms with Crippen molar-refractivity contribution in [1.82, 2.24) is 4.90 Å². The van der Waals surface area contributed by atoms with Gasteiger partial charge in [0.25, 0.3) is 0 Å². The van der Waals surface area contributed by atoms with E-state index >= 15 is 0 Å². The summed E-state index contributed by atoms with van der Waals surface area (Å²) in [6, 6.07) is 16.0. The SMILES string of the molecule is COc1cc(/C=C/c2ccc3c(c2)CN(Cc2ccco2)CO3)cc(OC)c1. The molecule has 0 unspecified atom stereocenters. The van der Waals surface area contributed by atoms with E-state index in [9.17, 15) is 0 Å². The highest BCUT2D eigenvalue weighted by Crippen LogP contribution is 2.28. The Kier molecular flexibility index (Phi) is 5.35. The third-order valence-electron chi connectivity index (χ3n) is 4.68. The summed E-state index contributed by atoms with van der Waals surface area (Å²) in [6.07, 6.45) is 5.83. The van der Waals surface area contributed by atoms with Gasteiger partial charge >= 0.3 is 0 Å². The average molecular weight is 377 g/mol. The summed E-state index contributed by atoms with van der Waals surface area (Å²) in [6.45, 7) is 2.12. The molecule has 5 heteroatoms. The van der Waals surface area contributed by atoms with Crippen LogP contribution >= 0.6 is 0 Å². The lowest BCUT2D eigenvalue weighted by Crippen LogP contribution is -2.31. The molecule has 1 aliphatic rings. The van der Waals surface area contributed by atoms with Gasteiger partial charge in [-0.3, -0.25) is 4.90 Å². The minimum absolute atomic E-state index is 0.562. The first-order valence-corrected chi connectivity index (χ1v) is 9.15. The molecule has 1 aromatic heterocycles. The van der Waals surface area contributed by atoms with Crippen LogP contribution in [0, 0.1) is 0 Å². The molecule has 1 aliphatic heterocycles. The Morgan fingerprint density at radius 2 is 1.75 bits per heavy atom. The van der Waals surface area contributed by atoms with Gasteiger partial charge in [0, 0.05) is 18.2 Å². The highest BCUT2D eigenvalue weighted by Gasteiger charge is 2.18. The molecule has 2 aromatic carbocycles. The summed E-state index contributed by atoms with van der Waals surface area (Å²) in [5.41, 5.74) is 3.30. The van der Waals surface area contributed by atoms with Gasteiger partial charge in [-0.2, -0.15) is 0 Å².